The summed E-state index contributed by atoms with van der Waals surface area (Å²) < 4.78 is 21.8. The average Bonchev–Trinajstić information content (AvgIpc) is 3.29. The maximum absolute atomic E-state index is 13.6. The van der Waals surface area contributed by atoms with E-state index in [-0.39, 0.29) is 35.0 Å². The number of nitrogens with zero attached hydrogens (tertiary/aromatic N) is 2. The van der Waals surface area contributed by atoms with Crippen LogP contribution in [0.5, 0.6) is 0 Å². The summed E-state index contributed by atoms with van der Waals surface area (Å²) >= 11 is 5.09. The van der Waals surface area contributed by atoms with Crippen molar-refractivity contribution >= 4 is 39.0 Å². The van der Waals surface area contributed by atoms with Crippen LogP contribution in [0.1, 0.15) is 29.7 Å². The van der Waals surface area contributed by atoms with Gasteiger partial charge in [0.1, 0.15) is 12.4 Å². The molecule has 6 rings (SSSR count). The van der Waals surface area contributed by atoms with Crippen LogP contribution >= 0.6 is 27.3 Å². The molecule has 4 heterocycles. The first-order chi connectivity index (χ1) is 17.0. The second-order valence-corrected chi connectivity index (χ2v) is 12.4. The molecule has 4 nitrogen and oxygen atoms in total. The van der Waals surface area contributed by atoms with Crippen LogP contribution in [0, 0.1) is 11.7 Å². The minimum Gasteiger partial charge on any atom is -1.00 e. The number of quaternary nitrogens is 1. The number of rotatable bonds is 8. The maximum Gasteiger partial charge on any atom is 0.415 e. The normalized spacial score (nSPS) is 22.6. The minimum atomic E-state index is -0.345. The summed E-state index contributed by atoms with van der Waals surface area (Å²) in [5.41, 5.74) is 2.03. The third kappa shape index (κ3) is 6.57. The molecule has 0 unspecified atom stereocenters. The van der Waals surface area contributed by atoms with Crippen LogP contribution in [0.2, 0.25) is 0 Å². The number of halogens is 3. The molecule has 192 valence electrons. The molecule has 2 aromatic carbocycles. The number of ether oxygens (including phenoxy) is 1. The second kappa shape index (κ2) is 12.2. The minimum absolute atomic E-state index is 0. The highest BCUT2D eigenvalue weighted by Crippen LogP contribution is 2.37. The molecule has 3 aromatic rings. The summed E-state index contributed by atoms with van der Waals surface area (Å²) in [5.74, 6) is 0.110. The van der Waals surface area contributed by atoms with Crippen molar-refractivity contribution in [2.45, 2.75) is 38.3 Å². The molecule has 3 saturated heterocycles. The lowest BCUT2D eigenvalue weighted by Crippen LogP contribution is -3.00. The van der Waals surface area contributed by atoms with Crippen molar-refractivity contribution in [3.8, 4) is 0 Å². The number of hydrogen-bond donors (Lipinski definition) is 0. The molecule has 1 atom stereocenters. The molecule has 0 spiro atoms. The molecule has 1 amide bonds. The highest BCUT2D eigenvalue weighted by molar-refractivity contribution is 9.11. The van der Waals surface area contributed by atoms with Crippen LogP contribution in [-0.4, -0.2) is 42.9 Å². The quantitative estimate of drug-likeness (QED) is 0.349. The van der Waals surface area contributed by atoms with E-state index in [0.717, 1.165) is 51.9 Å². The first-order valence-electron chi connectivity index (χ1n) is 12.4. The number of carbonyl (C=O) groups is 1. The molecule has 1 aromatic heterocycles. The number of thiophene rings is 1. The SMILES string of the molecule is O=C(O[C@H]1C[N+]2(CCCc3ccccc3)CCC1CC2)N(Cc1ccc(Br)s1)c1ccc(F)cc1.[Br-]. The maximum atomic E-state index is 13.6. The number of aryl methyl sites for hydroxylation is 1. The Kier molecular flexibility index (Phi) is 9.25. The first-order valence-corrected chi connectivity index (χ1v) is 14.0. The van der Waals surface area contributed by atoms with E-state index in [1.807, 2.05) is 12.1 Å². The van der Waals surface area contributed by atoms with E-state index in [0.29, 0.717) is 18.2 Å². The van der Waals surface area contributed by atoms with Crippen molar-refractivity contribution in [1.82, 2.24) is 0 Å². The third-order valence-electron chi connectivity index (χ3n) is 7.54. The first kappa shape index (κ1) is 27.3. The molecule has 0 N–H and O–H groups in total. The second-order valence-electron chi connectivity index (χ2n) is 9.81. The van der Waals surface area contributed by atoms with Gasteiger partial charge in [-0.15, -0.1) is 11.3 Å². The molecule has 2 bridgehead atoms. The van der Waals surface area contributed by atoms with Crippen molar-refractivity contribution in [3.63, 3.8) is 0 Å². The highest BCUT2D eigenvalue weighted by atomic mass is 79.9. The monoisotopic (exact) mass is 636 g/mol. The fourth-order valence-electron chi connectivity index (χ4n) is 5.60. The number of carbonyl (C=O) groups excluding carboxylic acids is 1. The number of piperidine rings is 3. The number of fused-ring (bicyclic) bond motifs is 3. The zero-order valence-corrected chi connectivity index (χ0v) is 24.1. The lowest BCUT2D eigenvalue weighted by molar-refractivity contribution is -0.946. The van der Waals surface area contributed by atoms with Crippen LogP contribution in [0.4, 0.5) is 14.9 Å². The van der Waals surface area contributed by atoms with Gasteiger partial charge in [-0.2, -0.15) is 0 Å². The number of anilines is 1. The fraction of sp³-hybridized carbons (Fsp3) is 0.393. The molecule has 8 heteroatoms. The van der Waals surface area contributed by atoms with Gasteiger partial charge in [-0.05, 0) is 64.3 Å². The van der Waals surface area contributed by atoms with Gasteiger partial charge < -0.3 is 26.2 Å². The molecule has 0 saturated carbocycles. The average molecular weight is 638 g/mol. The number of benzene rings is 2. The van der Waals surface area contributed by atoms with Crippen molar-refractivity contribution in [2.24, 2.45) is 5.92 Å². The Balaban J connectivity index is 0.00000304. The number of hydrogen-bond acceptors (Lipinski definition) is 3. The van der Waals surface area contributed by atoms with Gasteiger partial charge in [0.05, 0.1) is 30.0 Å². The molecule has 0 radical (unpaired) electrons. The summed E-state index contributed by atoms with van der Waals surface area (Å²) in [7, 11) is 0. The van der Waals surface area contributed by atoms with E-state index in [1.54, 1.807) is 28.4 Å². The summed E-state index contributed by atoms with van der Waals surface area (Å²) in [6.45, 7) is 4.78. The van der Waals surface area contributed by atoms with Crippen LogP contribution in [0.3, 0.4) is 0 Å². The fourth-order valence-corrected chi connectivity index (χ4v) is 7.07. The molecule has 36 heavy (non-hydrogen) atoms. The van der Waals surface area contributed by atoms with Gasteiger partial charge in [-0.25, -0.2) is 9.18 Å². The zero-order valence-electron chi connectivity index (χ0n) is 20.1. The van der Waals surface area contributed by atoms with E-state index < -0.39 is 0 Å². The molecule has 0 aliphatic carbocycles. The number of amides is 1. The Morgan fingerprint density at radius 2 is 1.78 bits per heavy atom. The summed E-state index contributed by atoms with van der Waals surface area (Å²) in [6.07, 6.45) is 4.03. The van der Waals surface area contributed by atoms with Gasteiger partial charge >= 0.3 is 6.09 Å². The van der Waals surface area contributed by atoms with Crippen LogP contribution in [0.25, 0.3) is 0 Å². The zero-order chi connectivity index (χ0) is 24.3. The smallest absolute Gasteiger partial charge is 0.415 e. The molecular formula is C28H31Br2FN2O2S. The van der Waals surface area contributed by atoms with Gasteiger partial charge in [0.2, 0.25) is 0 Å². The van der Waals surface area contributed by atoms with E-state index in [9.17, 15) is 9.18 Å². The predicted octanol–water partition coefficient (Wildman–Crippen LogP) is 4.04. The van der Waals surface area contributed by atoms with Crippen LogP contribution < -0.4 is 21.9 Å². The Labute approximate surface area is 235 Å². The van der Waals surface area contributed by atoms with Crippen LogP contribution in [0.15, 0.2) is 70.5 Å². The molecule has 3 fully saturated rings. The molecule has 3 aliphatic rings. The van der Waals surface area contributed by atoms with Gasteiger partial charge in [0.15, 0.2) is 6.10 Å². The van der Waals surface area contributed by atoms with Gasteiger partial charge in [0.25, 0.3) is 0 Å². The van der Waals surface area contributed by atoms with Gasteiger partial charge in [-0.3, -0.25) is 4.90 Å². The van der Waals surface area contributed by atoms with E-state index in [4.69, 9.17) is 4.74 Å². The van der Waals surface area contributed by atoms with Crippen molar-refractivity contribution in [3.05, 3.63) is 86.8 Å². The Morgan fingerprint density at radius 1 is 1.06 bits per heavy atom. The van der Waals surface area contributed by atoms with Crippen molar-refractivity contribution in [1.29, 1.82) is 0 Å². The van der Waals surface area contributed by atoms with E-state index >= 15 is 0 Å². The van der Waals surface area contributed by atoms with Gasteiger partial charge in [-0.1, -0.05) is 30.3 Å². The third-order valence-corrected chi connectivity index (χ3v) is 9.14. The summed E-state index contributed by atoms with van der Waals surface area (Å²) in [6, 6.07) is 20.7. The van der Waals surface area contributed by atoms with E-state index in [2.05, 4.69) is 46.3 Å². The largest absolute Gasteiger partial charge is 1.00 e. The van der Waals surface area contributed by atoms with Crippen LogP contribution in [-0.2, 0) is 17.7 Å². The Morgan fingerprint density at radius 3 is 2.44 bits per heavy atom. The van der Waals surface area contributed by atoms with Crippen molar-refractivity contribution < 1.29 is 35.4 Å². The summed E-state index contributed by atoms with van der Waals surface area (Å²) in [4.78, 5) is 16.2. The molecule has 3 aliphatic heterocycles. The Hall–Kier alpha value is -1.74. The highest BCUT2D eigenvalue weighted by Gasteiger charge is 2.47. The predicted molar refractivity (Wildman–Crippen MR) is 142 cm³/mol. The van der Waals surface area contributed by atoms with E-state index in [1.165, 1.54) is 30.8 Å². The van der Waals surface area contributed by atoms with Gasteiger partial charge in [0, 0.05) is 35.7 Å². The summed E-state index contributed by atoms with van der Waals surface area (Å²) in [5, 5.41) is 0. The molecular weight excluding hydrogens is 607 g/mol. The lowest BCUT2D eigenvalue weighted by atomic mass is 9.83. The Bertz CT molecular complexity index is 1130. The standard InChI is InChI=1S/C28H31BrFN2O2S.BrH/c29-27-13-12-25(35-27)19-31(24-10-8-23(30)9-11-24)28(33)34-26-20-32(17-14-22(26)15-18-32)16-4-7-21-5-2-1-3-6-21;/h1-3,5-6,8-13,22,26H,4,7,14-20H2;1H/q+1;/p-1/t22?,26-,32?;/m0./s1. The topological polar surface area (TPSA) is 29.5 Å². The lowest BCUT2D eigenvalue weighted by Gasteiger charge is -2.52. The van der Waals surface area contributed by atoms with Crippen molar-refractivity contribution in [2.75, 3.05) is 31.1 Å².